The molecule has 1 aromatic heterocycles. The van der Waals surface area contributed by atoms with Gasteiger partial charge in [0.15, 0.2) is 11.4 Å². The molecule has 5 rings (SSSR count). The van der Waals surface area contributed by atoms with Gasteiger partial charge >= 0.3 is 11.9 Å². The van der Waals surface area contributed by atoms with Crippen LogP contribution in [-0.4, -0.2) is 36.3 Å². The molecule has 1 aliphatic rings. The van der Waals surface area contributed by atoms with Crippen molar-refractivity contribution in [1.29, 1.82) is 0 Å². The van der Waals surface area contributed by atoms with Crippen LogP contribution in [0.1, 0.15) is 36.6 Å². The third kappa shape index (κ3) is 6.85. The fourth-order valence-corrected chi connectivity index (χ4v) is 7.54. The second-order valence-corrected chi connectivity index (χ2v) is 12.9. The fourth-order valence-electron chi connectivity index (χ4n) is 4.72. The Morgan fingerprint density at radius 1 is 1.07 bits per heavy atom. The summed E-state index contributed by atoms with van der Waals surface area (Å²) in [7, 11) is 0. The molecular formula is C32H25BrClIN2O6S. The van der Waals surface area contributed by atoms with E-state index in [1.165, 1.54) is 15.9 Å². The van der Waals surface area contributed by atoms with E-state index in [1.807, 2.05) is 36.4 Å². The van der Waals surface area contributed by atoms with Gasteiger partial charge in [-0.05, 0) is 72.3 Å². The van der Waals surface area contributed by atoms with Crippen LogP contribution < -0.4 is 19.6 Å². The topological polar surface area (TPSA) is 96.2 Å². The summed E-state index contributed by atoms with van der Waals surface area (Å²) in [4.78, 5) is 45.1. The van der Waals surface area contributed by atoms with Gasteiger partial charge in [0, 0.05) is 20.6 Å². The van der Waals surface area contributed by atoms with Crippen LogP contribution in [-0.2, 0) is 19.1 Å². The van der Waals surface area contributed by atoms with E-state index in [4.69, 9.17) is 30.8 Å². The zero-order valence-corrected chi connectivity index (χ0v) is 28.8. The van der Waals surface area contributed by atoms with E-state index in [2.05, 4.69) is 38.5 Å². The summed E-state index contributed by atoms with van der Waals surface area (Å²) in [5.41, 5.74) is 2.28. The summed E-state index contributed by atoms with van der Waals surface area (Å²) in [6.07, 6.45) is 1.70. The highest BCUT2D eigenvalue weighted by Gasteiger charge is 2.35. The molecule has 0 unspecified atom stereocenters. The zero-order valence-electron chi connectivity index (χ0n) is 23.5. The number of thiazole rings is 1. The summed E-state index contributed by atoms with van der Waals surface area (Å²) in [5.74, 6) is -0.640. The van der Waals surface area contributed by atoms with E-state index in [1.54, 1.807) is 50.3 Å². The molecule has 8 nitrogen and oxygen atoms in total. The van der Waals surface area contributed by atoms with Crippen molar-refractivity contribution in [3.63, 3.8) is 0 Å². The van der Waals surface area contributed by atoms with Crippen molar-refractivity contribution >= 4 is 85.2 Å². The number of ether oxygens (including phenoxy) is 3. The number of carbonyl (C=O) groups excluding carboxylic acids is 2. The van der Waals surface area contributed by atoms with Gasteiger partial charge in [-0.1, -0.05) is 81.3 Å². The second-order valence-electron chi connectivity index (χ2n) is 9.38. The first-order chi connectivity index (χ1) is 21.2. The van der Waals surface area contributed by atoms with Crippen LogP contribution in [0.3, 0.4) is 0 Å². The van der Waals surface area contributed by atoms with Crippen LogP contribution in [0.25, 0.3) is 11.8 Å². The normalized spacial score (nSPS) is 14.6. The second kappa shape index (κ2) is 14.2. The number of benzene rings is 3. The number of esters is 2. The Morgan fingerprint density at radius 2 is 1.77 bits per heavy atom. The fraction of sp³-hybridized carbons (Fsp3) is 0.188. The predicted octanol–water partition coefficient (Wildman–Crippen LogP) is 5.90. The molecule has 0 fully saturated rings. The first-order valence-corrected chi connectivity index (χ1v) is 16.6. The number of aromatic nitrogens is 1. The van der Waals surface area contributed by atoms with Crippen LogP contribution >= 0.6 is 61.5 Å². The summed E-state index contributed by atoms with van der Waals surface area (Å²) >= 11 is 13.0. The molecule has 0 aliphatic carbocycles. The molecule has 0 bridgehead atoms. The molecule has 0 amide bonds. The average molecular weight is 808 g/mol. The molecule has 0 N–H and O–H groups in total. The van der Waals surface area contributed by atoms with Crippen molar-refractivity contribution < 1.29 is 23.8 Å². The molecule has 2 heterocycles. The molecule has 4 aromatic rings. The Bertz CT molecular complexity index is 1940. The molecule has 3 aromatic carbocycles. The molecule has 12 heteroatoms. The SMILES string of the molecule is CCOC(=O)COc1c(I)cc(Br)cc1/C=c1\sc2n(c1=O)[C@H](c1ccc(Cl)cc1)C(C(=O)OCC)=C(c1ccccc1)N=2. The van der Waals surface area contributed by atoms with Crippen molar-refractivity contribution in [3.8, 4) is 5.75 Å². The summed E-state index contributed by atoms with van der Waals surface area (Å²) in [6.45, 7) is 3.56. The summed E-state index contributed by atoms with van der Waals surface area (Å²) in [6, 6.07) is 19.2. The van der Waals surface area contributed by atoms with Gasteiger partial charge in [-0.25, -0.2) is 14.6 Å². The standard InChI is InChI=1S/C32H25BrClIN2O6S/c1-3-41-25(38)17-43-29-20(14-21(33)16-23(29)35)15-24-30(39)37-28(19-10-12-22(34)13-11-19)26(31(40)42-4-2)27(36-32(37)44-24)18-8-6-5-7-9-18/h5-16,28H,3-4,17H2,1-2H3/b24-15-/t28-/m1/s1. The number of fused-ring (bicyclic) bond motifs is 1. The Hall–Kier alpha value is -3.26. The van der Waals surface area contributed by atoms with E-state index in [0.717, 1.165) is 8.04 Å². The molecule has 226 valence electrons. The van der Waals surface area contributed by atoms with Crippen molar-refractivity contribution in [2.45, 2.75) is 19.9 Å². The number of halogens is 3. The lowest BCUT2D eigenvalue weighted by Gasteiger charge is -2.26. The third-order valence-corrected chi connectivity index (χ3v) is 9.02. The number of hydrogen-bond donors (Lipinski definition) is 0. The molecule has 1 aliphatic heterocycles. The van der Waals surface area contributed by atoms with Gasteiger partial charge in [0.05, 0.1) is 38.6 Å². The first kappa shape index (κ1) is 32.1. The monoisotopic (exact) mass is 806 g/mol. The van der Waals surface area contributed by atoms with Crippen LogP contribution in [0.5, 0.6) is 5.75 Å². The Labute approximate surface area is 283 Å². The lowest BCUT2D eigenvalue weighted by Crippen LogP contribution is -2.40. The molecule has 1 atom stereocenters. The summed E-state index contributed by atoms with van der Waals surface area (Å²) in [5, 5.41) is 0.519. The molecule has 0 spiro atoms. The molecule has 0 radical (unpaired) electrons. The number of carbonyl (C=O) groups is 2. The van der Waals surface area contributed by atoms with Crippen molar-refractivity contribution in [1.82, 2.24) is 4.57 Å². The minimum absolute atomic E-state index is 0.151. The van der Waals surface area contributed by atoms with Gasteiger partial charge in [0.25, 0.3) is 5.56 Å². The van der Waals surface area contributed by atoms with Crippen LogP contribution in [0.15, 0.2) is 86.6 Å². The molecular weight excluding hydrogens is 783 g/mol. The van der Waals surface area contributed by atoms with Crippen LogP contribution in [0.2, 0.25) is 5.02 Å². The highest BCUT2D eigenvalue weighted by molar-refractivity contribution is 14.1. The minimum atomic E-state index is -0.831. The van der Waals surface area contributed by atoms with Gasteiger partial charge in [0.1, 0.15) is 5.75 Å². The molecule has 0 saturated heterocycles. The van der Waals surface area contributed by atoms with E-state index in [0.29, 0.717) is 42.5 Å². The maximum atomic E-state index is 14.2. The van der Waals surface area contributed by atoms with Crippen molar-refractivity contribution in [2.24, 2.45) is 4.99 Å². The first-order valence-electron chi connectivity index (χ1n) is 13.5. The lowest BCUT2D eigenvalue weighted by molar-refractivity contribution is -0.145. The van der Waals surface area contributed by atoms with Gasteiger partial charge in [-0.2, -0.15) is 0 Å². The Morgan fingerprint density at radius 3 is 2.45 bits per heavy atom. The quantitative estimate of drug-likeness (QED) is 0.155. The molecule has 44 heavy (non-hydrogen) atoms. The minimum Gasteiger partial charge on any atom is -0.480 e. The smallest absolute Gasteiger partial charge is 0.344 e. The largest absolute Gasteiger partial charge is 0.480 e. The van der Waals surface area contributed by atoms with Crippen LogP contribution in [0.4, 0.5) is 0 Å². The van der Waals surface area contributed by atoms with Gasteiger partial charge < -0.3 is 14.2 Å². The Balaban J connectivity index is 1.76. The van der Waals surface area contributed by atoms with E-state index < -0.39 is 18.0 Å². The van der Waals surface area contributed by atoms with E-state index in [9.17, 15) is 14.4 Å². The van der Waals surface area contributed by atoms with Crippen molar-refractivity contribution in [2.75, 3.05) is 19.8 Å². The van der Waals surface area contributed by atoms with Gasteiger partial charge in [-0.3, -0.25) is 9.36 Å². The highest BCUT2D eigenvalue weighted by Crippen LogP contribution is 2.36. The zero-order chi connectivity index (χ0) is 31.4. The lowest BCUT2D eigenvalue weighted by atomic mass is 9.93. The van der Waals surface area contributed by atoms with E-state index in [-0.39, 0.29) is 31.0 Å². The average Bonchev–Trinajstić information content (AvgIpc) is 3.31. The van der Waals surface area contributed by atoms with Crippen molar-refractivity contribution in [3.05, 3.63) is 122 Å². The van der Waals surface area contributed by atoms with Gasteiger partial charge in [0.2, 0.25) is 0 Å². The number of nitrogens with zero attached hydrogens (tertiary/aromatic N) is 2. The predicted molar refractivity (Wildman–Crippen MR) is 181 cm³/mol. The Kier molecular flexibility index (Phi) is 10.4. The van der Waals surface area contributed by atoms with E-state index >= 15 is 0 Å². The number of rotatable bonds is 9. The maximum absolute atomic E-state index is 14.2. The summed E-state index contributed by atoms with van der Waals surface area (Å²) < 4.78 is 19.7. The molecule has 0 saturated carbocycles. The highest BCUT2D eigenvalue weighted by atomic mass is 127. The van der Waals surface area contributed by atoms with Gasteiger partial charge in [-0.15, -0.1) is 0 Å². The van der Waals surface area contributed by atoms with Crippen LogP contribution in [0, 0.1) is 3.57 Å². The number of hydrogen-bond acceptors (Lipinski definition) is 8. The third-order valence-electron chi connectivity index (χ3n) is 6.52. The maximum Gasteiger partial charge on any atom is 0.344 e.